The van der Waals surface area contributed by atoms with Gasteiger partial charge in [-0.1, -0.05) is 25.3 Å². The predicted octanol–water partition coefficient (Wildman–Crippen LogP) is 2.89. The third-order valence-corrected chi connectivity index (χ3v) is 5.43. The van der Waals surface area contributed by atoms with Gasteiger partial charge in [0, 0.05) is 13.0 Å². The van der Waals surface area contributed by atoms with Crippen molar-refractivity contribution in [1.82, 2.24) is 10.6 Å². The zero-order valence-electron chi connectivity index (χ0n) is 15.4. The molecule has 6 heteroatoms. The van der Waals surface area contributed by atoms with E-state index in [1.54, 1.807) is 13.0 Å². The molecule has 1 aromatic carbocycles. The van der Waals surface area contributed by atoms with Crippen molar-refractivity contribution >= 4 is 17.5 Å². The molecule has 3 N–H and O–H groups in total. The minimum Gasteiger partial charge on any atom is -0.345 e. The first-order chi connectivity index (χ1) is 12.5. The molecule has 1 fully saturated rings. The maximum absolute atomic E-state index is 14.6. The summed E-state index contributed by atoms with van der Waals surface area (Å²) in [4.78, 5) is 24.5. The van der Waals surface area contributed by atoms with Gasteiger partial charge >= 0.3 is 0 Å². The first kappa shape index (κ1) is 18.8. The second-order valence-electron chi connectivity index (χ2n) is 7.48. The number of rotatable bonds is 5. The van der Waals surface area contributed by atoms with Crippen molar-refractivity contribution in [3.8, 4) is 0 Å². The lowest BCUT2D eigenvalue weighted by Gasteiger charge is -2.22. The molecule has 1 saturated carbocycles. The van der Waals surface area contributed by atoms with E-state index in [1.165, 1.54) is 19.3 Å². The van der Waals surface area contributed by atoms with E-state index in [2.05, 4.69) is 16.0 Å². The Bertz CT molecular complexity index is 671. The molecule has 142 valence electrons. The number of benzene rings is 1. The molecule has 1 aromatic rings. The molecular weight excluding hydrogens is 333 g/mol. The Morgan fingerprint density at radius 2 is 2.04 bits per heavy atom. The highest BCUT2D eigenvalue weighted by Gasteiger charge is 2.22. The number of amides is 2. The van der Waals surface area contributed by atoms with Crippen LogP contribution in [-0.2, 0) is 22.6 Å². The monoisotopic (exact) mass is 361 g/mol. The van der Waals surface area contributed by atoms with E-state index in [0.29, 0.717) is 30.9 Å². The quantitative estimate of drug-likeness (QED) is 0.755. The third-order valence-electron chi connectivity index (χ3n) is 5.43. The molecule has 3 rings (SSSR count). The third kappa shape index (κ3) is 4.61. The number of carbonyl (C=O) groups excluding carboxylic acids is 2. The van der Waals surface area contributed by atoms with Crippen molar-refractivity contribution in [2.45, 2.75) is 64.5 Å². The van der Waals surface area contributed by atoms with Crippen molar-refractivity contribution in [2.24, 2.45) is 5.92 Å². The van der Waals surface area contributed by atoms with Gasteiger partial charge in [-0.05, 0) is 55.8 Å². The lowest BCUT2D eigenvalue weighted by atomic mass is 9.87. The van der Waals surface area contributed by atoms with Crippen molar-refractivity contribution < 1.29 is 14.0 Å². The number of hydrogen-bond acceptors (Lipinski definition) is 3. The van der Waals surface area contributed by atoms with Crippen LogP contribution in [0.2, 0.25) is 0 Å². The van der Waals surface area contributed by atoms with Gasteiger partial charge in [0.05, 0.1) is 5.69 Å². The predicted molar refractivity (Wildman–Crippen MR) is 99.2 cm³/mol. The number of hydrogen-bond donors (Lipinski definition) is 3. The molecule has 0 spiro atoms. The second kappa shape index (κ2) is 8.62. The van der Waals surface area contributed by atoms with Crippen LogP contribution in [-0.4, -0.2) is 24.4 Å². The highest BCUT2D eigenvalue weighted by atomic mass is 19.1. The summed E-state index contributed by atoms with van der Waals surface area (Å²) < 4.78 is 14.6. The van der Waals surface area contributed by atoms with Crippen LogP contribution in [0.25, 0.3) is 0 Å². The molecule has 0 saturated heterocycles. The number of halogens is 1. The van der Waals surface area contributed by atoms with E-state index < -0.39 is 11.9 Å². The van der Waals surface area contributed by atoms with Crippen LogP contribution in [0.3, 0.4) is 0 Å². The summed E-state index contributed by atoms with van der Waals surface area (Å²) in [6.45, 7) is 3.01. The van der Waals surface area contributed by atoms with E-state index in [4.69, 9.17) is 0 Å². The van der Waals surface area contributed by atoms with Gasteiger partial charge < -0.3 is 16.0 Å². The van der Waals surface area contributed by atoms with Crippen molar-refractivity contribution in [3.05, 3.63) is 29.1 Å². The van der Waals surface area contributed by atoms with Crippen LogP contribution >= 0.6 is 0 Å². The topological polar surface area (TPSA) is 70.2 Å². The molecule has 1 heterocycles. The minimum absolute atomic E-state index is 0.100. The number of anilines is 1. The van der Waals surface area contributed by atoms with Crippen molar-refractivity contribution in [1.29, 1.82) is 0 Å². The van der Waals surface area contributed by atoms with Gasteiger partial charge in [-0.15, -0.1) is 0 Å². The largest absolute Gasteiger partial charge is 0.345 e. The molecule has 1 aliphatic heterocycles. The van der Waals surface area contributed by atoms with Gasteiger partial charge in [-0.25, -0.2) is 4.39 Å². The van der Waals surface area contributed by atoms with Crippen LogP contribution < -0.4 is 16.0 Å². The highest BCUT2D eigenvalue weighted by molar-refractivity contribution is 5.97. The number of carbonyl (C=O) groups is 2. The molecule has 1 atom stereocenters. The number of fused-ring (bicyclic) bond motifs is 1. The van der Waals surface area contributed by atoms with Gasteiger partial charge in [0.25, 0.3) is 0 Å². The molecule has 0 radical (unpaired) electrons. The number of nitrogens with one attached hydrogen (secondary N) is 3. The first-order valence-corrected chi connectivity index (χ1v) is 9.66. The van der Waals surface area contributed by atoms with E-state index in [9.17, 15) is 14.0 Å². The van der Waals surface area contributed by atoms with E-state index in [0.717, 1.165) is 24.9 Å². The molecule has 1 aliphatic carbocycles. The minimum atomic E-state index is -0.691. The second-order valence-corrected chi connectivity index (χ2v) is 7.48. The fourth-order valence-electron chi connectivity index (χ4n) is 3.89. The molecule has 26 heavy (non-hydrogen) atoms. The van der Waals surface area contributed by atoms with Crippen LogP contribution in [0.1, 0.15) is 56.6 Å². The van der Waals surface area contributed by atoms with Crippen LogP contribution in [0.4, 0.5) is 10.1 Å². The van der Waals surface area contributed by atoms with E-state index in [-0.39, 0.29) is 17.4 Å². The standard InChI is InChI=1S/C20H28FN3O2/c1-13(23-18(25)11-14-5-3-2-4-6-14)20(26)24-17-8-7-15-12-22-10-9-16(15)19(17)21/h7-8,13-14,22H,2-6,9-12H2,1H3,(H,23,25)(H,24,26). The maximum atomic E-state index is 14.6. The molecule has 1 unspecified atom stereocenters. The van der Waals surface area contributed by atoms with Crippen molar-refractivity contribution in [2.75, 3.05) is 11.9 Å². The smallest absolute Gasteiger partial charge is 0.246 e. The van der Waals surface area contributed by atoms with Gasteiger partial charge in [-0.3, -0.25) is 9.59 Å². The zero-order valence-corrected chi connectivity index (χ0v) is 15.4. The van der Waals surface area contributed by atoms with Gasteiger partial charge in [0.1, 0.15) is 11.9 Å². The Hall–Kier alpha value is -1.95. The Morgan fingerprint density at radius 3 is 2.81 bits per heavy atom. The van der Waals surface area contributed by atoms with E-state index >= 15 is 0 Å². The average Bonchev–Trinajstić information content (AvgIpc) is 2.65. The van der Waals surface area contributed by atoms with E-state index in [1.807, 2.05) is 6.07 Å². The summed E-state index contributed by atoms with van der Waals surface area (Å²) in [7, 11) is 0. The fourth-order valence-corrected chi connectivity index (χ4v) is 3.89. The molecule has 2 amide bonds. The summed E-state index contributed by atoms with van der Waals surface area (Å²) in [5.74, 6) is -0.435. The Morgan fingerprint density at radius 1 is 1.27 bits per heavy atom. The molecule has 2 aliphatic rings. The van der Waals surface area contributed by atoms with Gasteiger partial charge in [0.15, 0.2) is 0 Å². The molecule has 5 nitrogen and oxygen atoms in total. The van der Waals surface area contributed by atoms with Crippen LogP contribution in [0, 0.1) is 11.7 Å². The normalized spacial score (nSPS) is 18.7. The fraction of sp³-hybridized carbons (Fsp3) is 0.600. The highest BCUT2D eigenvalue weighted by Crippen LogP contribution is 2.26. The van der Waals surface area contributed by atoms with Crippen LogP contribution in [0.15, 0.2) is 12.1 Å². The summed E-state index contributed by atoms with van der Waals surface area (Å²) in [6, 6.07) is 2.74. The first-order valence-electron chi connectivity index (χ1n) is 9.66. The Kier molecular flexibility index (Phi) is 6.25. The SMILES string of the molecule is CC(NC(=O)CC1CCCCC1)C(=O)Nc1ccc2c(c1F)CCNC2. The Labute approximate surface area is 154 Å². The summed E-state index contributed by atoms with van der Waals surface area (Å²) in [6.07, 6.45) is 6.87. The van der Waals surface area contributed by atoms with Gasteiger partial charge in [-0.2, -0.15) is 0 Å². The Balaban J connectivity index is 1.54. The maximum Gasteiger partial charge on any atom is 0.246 e. The molecular formula is C20H28FN3O2. The van der Waals surface area contributed by atoms with Crippen LogP contribution in [0.5, 0.6) is 0 Å². The summed E-state index contributed by atoms with van der Waals surface area (Å²) >= 11 is 0. The van der Waals surface area contributed by atoms with Crippen molar-refractivity contribution in [3.63, 3.8) is 0 Å². The lowest BCUT2D eigenvalue weighted by Crippen LogP contribution is -2.42. The summed E-state index contributed by atoms with van der Waals surface area (Å²) in [5.41, 5.74) is 1.78. The zero-order chi connectivity index (χ0) is 18.5. The molecule has 0 aromatic heterocycles. The summed E-state index contributed by atoms with van der Waals surface area (Å²) in [5, 5.41) is 8.57. The average molecular weight is 361 g/mol. The van der Waals surface area contributed by atoms with Gasteiger partial charge in [0.2, 0.25) is 11.8 Å². The lowest BCUT2D eigenvalue weighted by molar-refractivity contribution is -0.127. The molecule has 0 bridgehead atoms.